The molecule has 1 N–H and O–H groups in total. The normalized spacial score (nSPS) is 17.8. The maximum atomic E-state index is 12.4. The molecule has 0 saturated heterocycles. The van der Waals surface area contributed by atoms with Crippen LogP contribution in [0.15, 0.2) is 46.2 Å². The van der Waals surface area contributed by atoms with E-state index in [1.165, 1.54) is 14.2 Å². The third-order valence-corrected chi connectivity index (χ3v) is 3.91. The molecule has 3 aliphatic rings. The average molecular weight is 353 g/mol. The zero-order valence-corrected chi connectivity index (χ0v) is 14.9. The number of hydrogen-bond donors (Lipinski definition) is 1. The third-order valence-electron chi connectivity index (χ3n) is 3.91. The Morgan fingerprint density at radius 1 is 1.44 bits per heavy atom. The summed E-state index contributed by atoms with van der Waals surface area (Å²) < 4.78 is 23.5. The molecule has 2 aliphatic heterocycles. The van der Waals surface area contributed by atoms with Crippen LogP contribution < -0.4 is 5.48 Å². The summed E-state index contributed by atoms with van der Waals surface area (Å²) in [5, 5.41) is 0. The summed E-state index contributed by atoms with van der Waals surface area (Å²) >= 11 is 0. The van der Waals surface area contributed by atoms with Gasteiger partial charge < -0.3 is 9.47 Å². The lowest BCUT2D eigenvalue weighted by atomic mass is 9.90. The van der Waals surface area contributed by atoms with Crippen molar-refractivity contribution in [3.63, 3.8) is 0 Å². The minimum atomic E-state index is -1.04. The topological polar surface area (TPSA) is 69.0 Å². The van der Waals surface area contributed by atoms with Crippen LogP contribution in [-0.4, -0.2) is 37.5 Å². The predicted molar refractivity (Wildman–Crippen MR) is 87.4 cm³/mol. The minimum absolute atomic E-state index is 0.133. The van der Waals surface area contributed by atoms with Gasteiger partial charge in [-0.1, -0.05) is 0 Å². The van der Waals surface area contributed by atoms with Crippen LogP contribution in [0.4, 0.5) is 4.39 Å². The highest BCUT2D eigenvalue weighted by molar-refractivity contribution is 6.02. The first-order valence-electron chi connectivity index (χ1n) is 7.63. The lowest BCUT2D eigenvalue weighted by Crippen LogP contribution is -2.32. The molecule has 3 rings (SSSR count). The SMILES string of the molecule is CONC(C)=C(C)[N+]1=C2C=C(C)C(=C(C(=COCF)C(=O)OC)C2)O1. The van der Waals surface area contributed by atoms with Crippen LogP contribution in [0.25, 0.3) is 0 Å². The second kappa shape index (κ2) is 7.98. The molecule has 2 bridgehead atoms. The van der Waals surface area contributed by atoms with Crippen molar-refractivity contribution in [3.05, 3.63) is 46.2 Å². The van der Waals surface area contributed by atoms with Crippen LogP contribution in [0, 0.1) is 0 Å². The van der Waals surface area contributed by atoms with Crippen molar-refractivity contribution in [2.24, 2.45) is 0 Å². The van der Waals surface area contributed by atoms with E-state index in [2.05, 4.69) is 10.2 Å². The molecule has 0 atom stereocenters. The number of rotatable bonds is 7. The van der Waals surface area contributed by atoms with Gasteiger partial charge in [0.05, 0.1) is 20.6 Å². The standard InChI is InChI=1S/C17H22FN2O5/c1-10-6-13-7-14(15(8-24-9-18)17(21)22-4)16(10)25-20(13)12(3)11(2)19-23-5/h6,8,19H,7,9H2,1-5H3/q+1. The highest BCUT2D eigenvalue weighted by atomic mass is 19.1. The number of halogens is 1. The van der Waals surface area contributed by atoms with Gasteiger partial charge in [-0.25, -0.2) is 14.0 Å². The Labute approximate surface area is 145 Å². The molecular weight excluding hydrogens is 331 g/mol. The van der Waals surface area contributed by atoms with Crippen molar-refractivity contribution in [2.75, 3.05) is 21.1 Å². The number of methoxy groups -OCH3 is 1. The van der Waals surface area contributed by atoms with Crippen LogP contribution in [0.1, 0.15) is 27.2 Å². The number of nitrogens with one attached hydrogen (secondary N) is 1. The molecule has 25 heavy (non-hydrogen) atoms. The number of ether oxygens (including phenoxy) is 2. The molecule has 0 aromatic carbocycles. The molecule has 0 aromatic heterocycles. The van der Waals surface area contributed by atoms with Crippen LogP contribution in [-0.2, 0) is 23.9 Å². The summed E-state index contributed by atoms with van der Waals surface area (Å²) in [7, 11) is 2.78. The molecule has 2 heterocycles. The second-order valence-electron chi connectivity index (χ2n) is 5.50. The molecule has 1 aliphatic carbocycles. The lowest BCUT2D eigenvalue weighted by Gasteiger charge is -2.24. The second-order valence-corrected chi connectivity index (χ2v) is 5.50. The summed E-state index contributed by atoms with van der Waals surface area (Å²) in [4.78, 5) is 22.9. The van der Waals surface area contributed by atoms with Gasteiger partial charge >= 0.3 is 5.97 Å². The maximum Gasteiger partial charge on any atom is 0.341 e. The number of carbonyl (C=O) groups excluding carboxylic acids is 1. The van der Waals surface area contributed by atoms with E-state index in [9.17, 15) is 9.18 Å². The van der Waals surface area contributed by atoms with E-state index in [1.807, 2.05) is 26.8 Å². The number of carbonyl (C=O) groups is 1. The highest BCUT2D eigenvalue weighted by Gasteiger charge is 2.39. The van der Waals surface area contributed by atoms with Gasteiger partial charge in [0, 0.05) is 28.9 Å². The van der Waals surface area contributed by atoms with Crippen LogP contribution in [0.2, 0.25) is 0 Å². The summed E-state index contributed by atoms with van der Waals surface area (Å²) in [6, 6.07) is 0. The van der Waals surface area contributed by atoms with Crippen molar-refractivity contribution in [3.8, 4) is 0 Å². The van der Waals surface area contributed by atoms with Crippen molar-refractivity contribution in [1.29, 1.82) is 0 Å². The predicted octanol–water partition coefficient (Wildman–Crippen LogP) is 2.39. The minimum Gasteiger partial charge on any atom is -0.470 e. The van der Waals surface area contributed by atoms with Crippen LogP contribution in [0.5, 0.6) is 0 Å². The summed E-state index contributed by atoms with van der Waals surface area (Å²) in [5.41, 5.74) is 6.75. The molecule has 136 valence electrons. The Balaban J connectivity index is 2.45. The largest absolute Gasteiger partial charge is 0.470 e. The first kappa shape index (κ1) is 18.7. The Morgan fingerprint density at radius 2 is 2.16 bits per heavy atom. The molecule has 0 aromatic rings. The van der Waals surface area contributed by atoms with E-state index in [-0.39, 0.29) is 5.57 Å². The van der Waals surface area contributed by atoms with Crippen molar-refractivity contribution < 1.29 is 33.1 Å². The summed E-state index contributed by atoms with van der Waals surface area (Å²) in [5.74, 6) is -0.102. The number of fused-ring (bicyclic) bond motifs is 2. The molecule has 0 radical (unpaired) electrons. The monoisotopic (exact) mass is 353 g/mol. The van der Waals surface area contributed by atoms with Gasteiger partial charge in [0.1, 0.15) is 17.5 Å². The highest BCUT2D eigenvalue weighted by Crippen LogP contribution is 2.35. The summed E-state index contributed by atoms with van der Waals surface area (Å²) in [6.07, 6.45) is 3.45. The lowest BCUT2D eigenvalue weighted by molar-refractivity contribution is -0.741. The quantitative estimate of drug-likeness (QED) is 0.249. The van der Waals surface area contributed by atoms with E-state index in [0.717, 1.165) is 28.9 Å². The Kier molecular flexibility index (Phi) is 5.97. The average Bonchev–Trinajstić information content (AvgIpc) is 2.61. The van der Waals surface area contributed by atoms with Gasteiger partial charge in [-0.05, 0) is 13.8 Å². The molecule has 7 nitrogen and oxygen atoms in total. The number of alkyl halides is 1. The maximum absolute atomic E-state index is 12.4. The van der Waals surface area contributed by atoms with E-state index in [1.54, 1.807) is 4.74 Å². The first-order valence-corrected chi connectivity index (χ1v) is 7.63. The van der Waals surface area contributed by atoms with Crippen molar-refractivity contribution in [2.45, 2.75) is 27.2 Å². The molecule has 0 unspecified atom stereocenters. The smallest absolute Gasteiger partial charge is 0.341 e. The van der Waals surface area contributed by atoms with Gasteiger partial charge in [0.2, 0.25) is 18.3 Å². The Morgan fingerprint density at radius 3 is 2.72 bits per heavy atom. The van der Waals surface area contributed by atoms with Gasteiger partial charge in [0.15, 0.2) is 0 Å². The van der Waals surface area contributed by atoms with Crippen molar-refractivity contribution >= 4 is 11.7 Å². The van der Waals surface area contributed by atoms with E-state index in [0.29, 0.717) is 17.8 Å². The van der Waals surface area contributed by atoms with E-state index >= 15 is 0 Å². The van der Waals surface area contributed by atoms with E-state index < -0.39 is 12.8 Å². The number of hydroxylamine groups is 2. The number of hydrogen-bond acceptors (Lipinski definition) is 6. The van der Waals surface area contributed by atoms with Gasteiger partial charge in [-0.2, -0.15) is 0 Å². The molecule has 0 spiro atoms. The van der Waals surface area contributed by atoms with E-state index in [4.69, 9.17) is 14.4 Å². The Hall–Kier alpha value is -2.61. The molecule has 8 heteroatoms. The Bertz CT molecular complexity index is 731. The fourth-order valence-corrected chi connectivity index (χ4v) is 2.62. The zero-order chi connectivity index (χ0) is 18.6. The van der Waals surface area contributed by atoms with Gasteiger partial charge in [0.25, 0.3) is 5.70 Å². The zero-order valence-electron chi connectivity index (χ0n) is 14.9. The third kappa shape index (κ3) is 3.74. The van der Waals surface area contributed by atoms with Crippen LogP contribution in [0.3, 0.4) is 0 Å². The van der Waals surface area contributed by atoms with Crippen LogP contribution >= 0.6 is 0 Å². The molecular formula is C17H22FN2O5+. The molecule has 0 fully saturated rings. The number of nitrogens with zero attached hydrogens (tertiary/aromatic N) is 1. The fourth-order valence-electron chi connectivity index (χ4n) is 2.62. The molecule has 0 saturated carbocycles. The number of esters is 1. The number of allylic oxidation sites excluding steroid dienone is 4. The van der Waals surface area contributed by atoms with Gasteiger partial charge in [-0.3, -0.25) is 10.3 Å². The van der Waals surface area contributed by atoms with Crippen molar-refractivity contribution in [1.82, 2.24) is 5.48 Å². The summed E-state index contributed by atoms with van der Waals surface area (Å²) in [6.45, 7) is 4.56. The first-order chi connectivity index (χ1) is 11.9. The fraction of sp³-hybridized carbons (Fsp3) is 0.412. The van der Waals surface area contributed by atoms with Gasteiger partial charge in [-0.15, -0.1) is 0 Å². The molecule has 0 amide bonds.